The van der Waals surface area contributed by atoms with Gasteiger partial charge >= 0.3 is 0 Å². The van der Waals surface area contributed by atoms with Crippen LogP contribution in [-0.2, 0) is 0 Å². The molecule has 0 atom stereocenters. The molecule has 132 valence electrons. The van der Waals surface area contributed by atoms with Crippen LogP contribution in [0.1, 0.15) is 10.4 Å². The topological polar surface area (TPSA) is 108 Å². The number of nitro benzene ring substituents is 1. The molecule has 0 fully saturated rings. The van der Waals surface area contributed by atoms with Crippen LogP contribution in [0.4, 0.5) is 5.69 Å². The third-order valence-electron chi connectivity index (χ3n) is 3.45. The maximum Gasteiger partial charge on any atom is 0.277 e. The Hall–Kier alpha value is -3.20. The smallest absolute Gasteiger partial charge is 0.277 e. The van der Waals surface area contributed by atoms with Gasteiger partial charge in [0.25, 0.3) is 10.9 Å². The van der Waals surface area contributed by atoms with Gasteiger partial charge in [-0.05, 0) is 30.3 Å². The Kier molecular flexibility index (Phi) is 5.28. The SMILES string of the molecule is COc1cccc(-c2nnc(SCC(=O)c3ccc([N+](=O)[O-])cc3)o2)c1. The number of nitro groups is 1. The number of rotatable bonds is 7. The molecule has 1 heterocycles. The van der Waals surface area contributed by atoms with Crippen molar-refractivity contribution in [3.63, 3.8) is 0 Å². The average molecular weight is 371 g/mol. The molecule has 0 spiro atoms. The second-order valence-electron chi connectivity index (χ2n) is 5.12. The monoisotopic (exact) mass is 371 g/mol. The molecule has 3 aromatic rings. The number of carbonyl (C=O) groups excluding carboxylic acids is 1. The molecule has 2 aromatic carbocycles. The summed E-state index contributed by atoms with van der Waals surface area (Å²) in [5.41, 5.74) is 1.04. The third kappa shape index (κ3) is 4.06. The molecule has 0 N–H and O–H groups in total. The number of ketones is 1. The molecule has 3 rings (SSSR count). The highest BCUT2D eigenvalue weighted by Gasteiger charge is 2.14. The minimum absolute atomic E-state index is 0.0611. The van der Waals surface area contributed by atoms with E-state index in [4.69, 9.17) is 9.15 Å². The van der Waals surface area contributed by atoms with Crippen molar-refractivity contribution >= 4 is 23.2 Å². The molecule has 0 unspecified atom stereocenters. The number of nitrogens with zero attached hydrogens (tertiary/aromatic N) is 3. The van der Waals surface area contributed by atoms with E-state index in [1.807, 2.05) is 12.1 Å². The summed E-state index contributed by atoms with van der Waals surface area (Å²) in [4.78, 5) is 22.3. The van der Waals surface area contributed by atoms with Gasteiger partial charge < -0.3 is 9.15 Å². The van der Waals surface area contributed by atoms with E-state index in [1.54, 1.807) is 19.2 Å². The van der Waals surface area contributed by atoms with Crippen molar-refractivity contribution in [2.45, 2.75) is 5.22 Å². The fourth-order valence-corrected chi connectivity index (χ4v) is 2.78. The largest absolute Gasteiger partial charge is 0.497 e. The van der Waals surface area contributed by atoms with Crippen LogP contribution < -0.4 is 4.74 Å². The van der Waals surface area contributed by atoms with E-state index in [-0.39, 0.29) is 22.4 Å². The van der Waals surface area contributed by atoms with Gasteiger partial charge in [0, 0.05) is 23.3 Å². The Balaban J connectivity index is 1.64. The van der Waals surface area contributed by atoms with Crippen molar-refractivity contribution in [1.82, 2.24) is 10.2 Å². The Morgan fingerprint density at radius 2 is 2.00 bits per heavy atom. The van der Waals surface area contributed by atoms with Gasteiger partial charge in [0.15, 0.2) is 5.78 Å². The highest BCUT2D eigenvalue weighted by molar-refractivity contribution is 7.99. The van der Waals surface area contributed by atoms with Crippen molar-refractivity contribution in [3.8, 4) is 17.2 Å². The van der Waals surface area contributed by atoms with Crippen LogP contribution in [0.5, 0.6) is 5.75 Å². The number of methoxy groups -OCH3 is 1. The predicted molar refractivity (Wildman–Crippen MR) is 94.4 cm³/mol. The van der Waals surface area contributed by atoms with Gasteiger partial charge in [0.05, 0.1) is 17.8 Å². The van der Waals surface area contributed by atoms with Gasteiger partial charge in [-0.3, -0.25) is 14.9 Å². The molecule has 26 heavy (non-hydrogen) atoms. The van der Waals surface area contributed by atoms with E-state index < -0.39 is 4.92 Å². The first kappa shape index (κ1) is 17.6. The fraction of sp³-hybridized carbons (Fsp3) is 0.118. The summed E-state index contributed by atoms with van der Waals surface area (Å²) in [6, 6.07) is 12.6. The lowest BCUT2D eigenvalue weighted by atomic mass is 10.1. The Morgan fingerprint density at radius 1 is 1.23 bits per heavy atom. The second kappa shape index (κ2) is 7.79. The Bertz CT molecular complexity index is 940. The summed E-state index contributed by atoms with van der Waals surface area (Å²) in [6.07, 6.45) is 0. The normalized spacial score (nSPS) is 10.5. The molecule has 0 amide bonds. The van der Waals surface area contributed by atoms with Crippen LogP contribution >= 0.6 is 11.8 Å². The number of non-ortho nitro benzene ring substituents is 1. The van der Waals surface area contributed by atoms with E-state index in [0.29, 0.717) is 22.8 Å². The lowest BCUT2D eigenvalue weighted by molar-refractivity contribution is -0.384. The zero-order valence-corrected chi connectivity index (χ0v) is 14.4. The number of carbonyl (C=O) groups is 1. The van der Waals surface area contributed by atoms with Gasteiger partial charge in [-0.15, -0.1) is 10.2 Å². The van der Waals surface area contributed by atoms with E-state index in [9.17, 15) is 14.9 Å². The van der Waals surface area contributed by atoms with E-state index in [2.05, 4.69) is 10.2 Å². The van der Waals surface area contributed by atoms with Crippen LogP contribution in [0, 0.1) is 10.1 Å². The number of Topliss-reactive ketones (excluding diaryl/α,β-unsaturated/α-hetero) is 1. The molecular weight excluding hydrogens is 358 g/mol. The Morgan fingerprint density at radius 3 is 2.69 bits per heavy atom. The summed E-state index contributed by atoms with van der Waals surface area (Å²) in [7, 11) is 1.57. The number of thioether (sulfide) groups is 1. The van der Waals surface area contributed by atoms with E-state index in [0.717, 1.165) is 11.8 Å². The predicted octanol–water partition coefficient (Wildman–Crippen LogP) is 3.63. The van der Waals surface area contributed by atoms with Gasteiger partial charge in [-0.25, -0.2) is 0 Å². The van der Waals surface area contributed by atoms with Gasteiger partial charge in [-0.1, -0.05) is 17.8 Å². The maximum absolute atomic E-state index is 12.2. The lowest BCUT2D eigenvalue weighted by Gasteiger charge is -2.00. The van der Waals surface area contributed by atoms with Crippen LogP contribution in [0.25, 0.3) is 11.5 Å². The molecule has 8 nitrogen and oxygen atoms in total. The van der Waals surface area contributed by atoms with Crippen molar-refractivity contribution in [2.75, 3.05) is 12.9 Å². The summed E-state index contributed by atoms with van der Waals surface area (Å²) >= 11 is 1.10. The molecular formula is C17H13N3O5S. The zero-order valence-electron chi connectivity index (χ0n) is 13.6. The third-order valence-corrected chi connectivity index (χ3v) is 4.27. The van der Waals surface area contributed by atoms with Crippen molar-refractivity contribution in [2.24, 2.45) is 0 Å². The maximum atomic E-state index is 12.2. The van der Waals surface area contributed by atoms with Gasteiger partial charge in [-0.2, -0.15) is 0 Å². The average Bonchev–Trinajstić information content (AvgIpc) is 3.15. The fourth-order valence-electron chi connectivity index (χ4n) is 2.12. The number of hydrogen-bond acceptors (Lipinski definition) is 8. The summed E-state index contributed by atoms with van der Waals surface area (Å²) in [5.74, 6) is 0.890. The summed E-state index contributed by atoms with van der Waals surface area (Å²) in [5, 5.41) is 18.8. The molecule has 0 saturated carbocycles. The molecule has 0 bridgehead atoms. The number of aromatic nitrogens is 2. The van der Waals surface area contributed by atoms with Gasteiger partial charge in [0.2, 0.25) is 5.89 Å². The van der Waals surface area contributed by atoms with Crippen LogP contribution in [0.15, 0.2) is 58.2 Å². The Labute approximate surface area is 152 Å². The van der Waals surface area contributed by atoms with Crippen LogP contribution in [0.3, 0.4) is 0 Å². The van der Waals surface area contributed by atoms with E-state index >= 15 is 0 Å². The minimum atomic E-state index is -0.512. The first-order valence-corrected chi connectivity index (χ1v) is 8.44. The molecule has 0 saturated heterocycles. The minimum Gasteiger partial charge on any atom is -0.497 e. The molecule has 0 aliphatic carbocycles. The van der Waals surface area contributed by atoms with E-state index in [1.165, 1.54) is 24.3 Å². The molecule has 9 heteroatoms. The van der Waals surface area contributed by atoms with Crippen LogP contribution in [0.2, 0.25) is 0 Å². The number of ether oxygens (including phenoxy) is 1. The number of hydrogen-bond donors (Lipinski definition) is 0. The quantitative estimate of drug-likeness (QED) is 0.268. The molecule has 1 aromatic heterocycles. The van der Waals surface area contributed by atoms with Crippen molar-refractivity contribution < 1.29 is 18.9 Å². The second-order valence-corrected chi connectivity index (χ2v) is 6.05. The highest BCUT2D eigenvalue weighted by Crippen LogP contribution is 2.26. The lowest BCUT2D eigenvalue weighted by Crippen LogP contribution is -2.02. The van der Waals surface area contributed by atoms with Crippen molar-refractivity contribution in [3.05, 3.63) is 64.2 Å². The highest BCUT2D eigenvalue weighted by atomic mass is 32.2. The summed E-state index contributed by atoms with van der Waals surface area (Å²) < 4.78 is 10.7. The van der Waals surface area contributed by atoms with Crippen LogP contribution in [-0.4, -0.2) is 33.8 Å². The first-order chi connectivity index (χ1) is 12.6. The molecule has 0 aliphatic rings. The standard InChI is InChI=1S/C17H13N3O5S/c1-24-14-4-2-3-12(9-14)16-18-19-17(25-16)26-10-15(21)11-5-7-13(8-6-11)20(22)23/h2-9H,10H2,1H3. The van der Waals surface area contributed by atoms with Gasteiger partial charge in [0.1, 0.15) is 5.75 Å². The molecule has 0 aliphatic heterocycles. The zero-order chi connectivity index (χ0) is 18.5. The summed E-state index contributed by atoms with van der Waals surface area (Å²) in [6.45, 7) is 0. The first-order valence-electron chi connectivity index (χ1n) is 7.45. The molecule has 0 radical (unpaired) electrons. The van der Waals surface area contributed by atoms with Crippen molar-refractivity contribution in [1.29, 1.82) is 0 Å². The number of benzene rings is 2.